The van der Waals surface area contributed by atoms with Gasteiger partial charge >= 0.3 is 11.8 Å². The van der Waals surface area contributed by atoms with E-state index in [1.54, 1.807) is 0 Å². The van der Waals surface area contributed by atoms with E-state index in [-0.39, 0.29) is 11.0 Å². The number of aryl methyl sites for hydroxylation is 1. The molecule has 2 aromatic rings. The van der Waals surface area contributed by atoms with Crippen molar-refractivity contribution in [3.63, 3.8) is 0 Å². The van der Waals surface area contributed by atoms with Crippen molar-refractivity contribution in [1.82, 2.24) is 0 Å². The second-order valence-electron chi connectivity index (χ2n) is 6.34. The molecular weight excluding hydrogens is 319 g/mol. The summed E-state index contributed by atoms with van der Waals surface area (Å²) in [6.45, 7) is 4.83. The average Bonchev–Trinajstić information content (AvgIpc) is 3.33. The van der Waals surface area contributed by atoms with E-state index in [1.807, 2.05) is 13.8 Å². The molecule has 0 unspecified atom stereocenters. The number of benzene rings is 1. The molecule has 0 saturated heterocycles. The van der Waals surface area contributed by atoms with Crippen molar-refractivity contribution in [2.75, 3.05) is 11.9 Å². The molecule has 0 atom stereocenters. The Morgan fingerprint density at radius 2 is 1.83 bits per heavy atom. The summed E-state index contributed by atoms with van der Waals surface area (Å²) in [7, 11) is 0. The Kier molecular flexibility index (Phi) is 4.10. The van der Waals surface area contributed by atoms with Gasteiger partial charge < -0.3 is 9.73 Å². The molecule has 6 heteroatoms. The molecule has 2 aliphatic rings. The van der Waals surface area contributed by atoms with Gasteiger partial charge in [-0.05, 0) is 42.7 Å². The molecule has 4 rings (SSSR count). The lowest BCUT2D eigenvalue weighted by atomic mass is 9.97. The molecule has 1 saturated carbocycles. The average molecular weight is 339 g/mol. The van der Waals surface area contributed by atoms with E-state index in [1.165, 1.54) is 12.1 Å². The van der Waals surface area contributed by atoms with Crippen LogP contribution < -0.4 is 10.9 Å². The van der Waals surface area contributed by atoms with E-state index in [9.17, 15) is 18.0 Å². The Bertz CT molecular complexity index is 819. The fourth-order valence-electron chi connectivity index (χ4n) is 3.23. The molecule has 1 fully saturated rings. The zero-order valence-electron chi connectivity index (χ0n) is 13.7. The lowest BCUT2D eigenvalue weighted by molar-refractivity contribution is -0.136. The normalized spacial score (nSPS) is 18.2. The third kappa shape index (κ3) is 3.01. The van der Waals surface area contributed by atoms with Crippen LogP contribution in [0.1, 0.15) is 44.2 Å². The monoisotopic (exact) mass is 339 g/mol. The minimum absolute atomic E-state index is 0.0159. The van der Waals surface area contributed by atoms with Crippen molar-refractivity contribution in [3.8, 4) is 0 Å². The lowest BCUT2D eigenvalue weighted by Crippen LogP contribution is -2.13. The first-order valence-electron chi connectivity index (χ1n) is 8.28. The molecule has 0 bridgehead atoms. The van der Waals surface area contributed by atoms with E-state index in [4.69, 9.17) is 4.42 Å². The van der Waals surface area contributed by atoms with Gasteiger partial charge in [0.15, 0.2) is 0 Å². The van der Waals surface area contributed by atoms with Crippen molar-refractivity contribution in [1.29, 1.82) is 0 Å². The maximum atomic E-state index is 13.1. The van der Waals surface area contributed by atoms with Gasteiger partial charge in [0.05, 0.1) is 5.56 Å². The summed E-state index contributed by atoms with van der Waals surface area (Å²) in [6, 6.07) is 3.58. The predicted molar refractivity (Wildman–Crippen MR) is 87.3 cm³/mol. The quantitative estimate of drug-likeness (QED) is 0.689. The van der Waals surface area contributed by atoms with Crippen LogP contribution in [0.2, 0.25) is 0 Å². The standard InChI is InChI=1S/C16H14F3NO2.C2H6/c17-16(18,19)11-6-14(21)22-13-7-12-9(5-10(11)13)1-2-15(3-4-15)8-20-12;1-2/h5-7,20H,1-4,8H2;1-2H3. The summed E-state index contributed by atoms with van der Waals surface area (Å²) in [5.74, 6) is 0. The molecule has 24 heavy (non-hydrogen) atoms. The maximum Gasteiger partial charge on any atom is 0.417 e. The highest BCUT2D eigenvalue weighted by atomic mass is 19.4. The number of hydrogen-bond acceptors (Lipinski definition) is 3. The summed E-state index contributed by atoms with van der Waals surface area (Å²) in [6.07, 6.45) is -0.517. The van der Waals surface area contributed by atoms with Gasteiger partial charge in [0.2, 0.25) is 0 Å². The predicted octanol–water partition coefficient (Wildman–Crippen LogP) is 4.98. The summed E-state index contributed by atoms with van der Waals surface area (Å²) in [5, 5.41) is 3.26. The van der Waals surface area contributed by atoms with Gasteiger partial charge in [0, 0.05) is 29.8 Å². The summed E-state index contributed by atoms with van der Waals surface area (Å²) in [5.41, 5.74) is 0.0185. The molecule has 1 aliphatic heterocycles. The van der Waals surface area contributed by atoms with Crippen LogP contribution in [0.15, 0.2) is 27.4 Å². The Labute approximate surface area is 137 Å². The molecule has 1 aromatic heterocycles. The van der Waals surface area contributed by atoms with Gasteiger partial charge in [-0.25, -0.2) is 4.79 Å². The third-order valence-electron chi connectivity index (χ3n) is 4.81. The van der Waals surface area contributed by atoms with Crippen LogP contribution >= 0.6 is 0 Å². The van der Waals surface area contributed by atoms with Gasteiger partial charge in [0.1, 0.15) is 5.58 Å². The first-order valence-corrected chi connectivity index (χ1v) is 8.28. The Hall–Kier alpha value is -1.98. The number of halogens is 3. The smallest absolute Gasteiger partial charge is 0.417 e. The topological polar surface area (TPSA) is 42.2 Å². The number of alkyl halides is 3. The van der Waals surface area contributed by atoms with Crippen molar-refractivity contribution in [2.24, 2.45) is 5.41 Å². The SMILES string of the molecule is CC.O=c1cc(C(F)(F)F)c2cc3c(cc2o1)NCC1(CC3)CC1. The summed E-state index contributed by atoms with van der Waals surface area (Å²) >= 11 is 0. The van der Waals surface area contributed by atoms with Crippen LogP contribution in [0.25, 0.3) is 11.0 Å². The van der Waals surface area contributed by atoms with E-state index in [0.29, 0.717) is 11.5 Å². The highest BCUT2D eigenvalue weighted by molar-refractivity contribution is 5.86. The van der Waals surface area contributed by atoms with Crippen LogP contribution in [-0.4, -0.2) is 6.54 Å². The second-order valence-corrected chi connectivity index (χ2v) is 6.34. The minimum Gasteiger partial charge on any atom is -0.423 e. The molecule has 1 aliphatic carbocycles. The van der Waals surface area contributed by atoms with Gasteiger partial charge in [0.25, 0.3) is 0 Å². The molecular formula is C18H20F3NO2. The molecule has 0 radical (unpaired) electrons. The minimum atomic E-state index is -4.57. The van der Waals surface area contributed by atoms with Crippen LogP contribution in [0, 0.1) is 5.41 Å². The van der Waals surface area contributed by atoms with E-state index >= 15 is 0 Å². The van der Waals surface area contributed by atoms with Crippen LogP contribution in [-0.2, 0) is 12.6 Å². The van der Waals surface area contributed by atoms with E-state index < -0.39 is 17.4 Å². The fourth-order valence-corrected chi connectivity index (χ4v) is 3.23. The van der Waals surface area contributed by atoms with Crippen LogP contribution in [0.5, 0.6) is 0 Å². The number of anilines is 1. The lowest BCUT2D eigenvalue weighted by Gasteiger charge is -2.13. The van der Waals surface area contributed by atoms with Gasteiger partial charge in [-0.15, -0.1) is 0 Å². The van der Waals surface area contributed by atoms with Gasteiger partial charge in [-0.3, -0.25) is 0 Å². The Balaban J connectivity index is 0.000000815. The largest absolute Gasteiger partial charge is 0.423 e. The van der Waals surface area contributed by atoms with Crippen molar-refractivity contribution in [2.45, 2.75) is 45.7 Å². The fraction of sp³-hybridized carbons (Fsp3) is 0.500. The molecule has 1 spiro atoms. The van der Waals surface area contributed by atoms with Crippen LogP contribution in [0.3, 0.4) is 0 Å². The second kappa shape index (κ2) is 5.83. The first-order chi connectivity index (χ1) is 11.4. The van der Waals surface area contributed by atoms with Gasteiger partial charge in [-0.2, -0.15) is 13.2 Å². The number of rotatable bonds is 0. The number of hydrogen-bond donors (Lipinski definition) is 1. The molecule has 130 valence electrons. The molecule has 1 aromatic carbocycles. The molecule has 0 amide bonds. The molecule has 1 N–H and O–H groups in total. The summed E-state index contributed by atoms with van der Waals surface area (Å²) < 4.78 is 44.4. The van der Waals surface area contributed by atoms with Crippen molar-refractivity contribution < 1.29 is 17.6 Å². The zero-order valence-corrected chi connectivity index (χ0v) is 13.7. The van der Waals surface area contributed by atoms with Gasteiger partial charge in [-0.1, -0.05) is 13.8 Å². The number of nitrogens with one attached hydrogen (secondary N) is 1. The van der Waals surface area contributed by atoms with E-state index in [2.05, 4.69) is 5.32 Å². The van der Waals surface area contributed by atoms with Crippen molar-refractivity contribution >= 4 is 16.7 Å². The van der Waals surface area contributed by atoms with E-state index in [0.717, 1.165) is 43.5 Å². The van der Waals surface area contributed by atoms with Crippen LogP contribution in [0.4, 0.5) is 18.9 Å². The Morgan fingerprint density at radius 3 is 2.46 bits per heavy atom. The molecule has 2 heterocycles. The first kappa shape index (κ1) is 16.9. The maximum absolute atomic E-state index is 13.1. The van der Waals surface area contributed by atoms with Crippen molar-refractivity contribution in [3.05, 3.63) is 39.7 Å². The zero-order chi connectivity index (χ0) is 17.5. The molecule has 3 nitrogen and oxygen atoms in total. The highest BCUT2D eigenvalue weighted by Crippen LogP contribution is 2.51. The highest BCUT2D eigenvalue weighted by Gasteiger charge is 2.43. The Morgan fingerprint density at radius 1 is 1.12 bits per heavy atom. The third-order valence-corrected chi connectivity index (χ3v) is 4.81. The number of fused-ring (bicyclic) bond motifs is 2. The summed E-state index contributed by atoms with van der Waals surface area (Å²) in [4.78, 5) is 11.4.